The number of rotatable bonds is 3. The van der Waals surface area contributed by atoms with Gasteiger partial charge >= 0.3 is 0 Å². The molecule has 2 saturated heterocycles. The first-order chi connectivity index (χ1) is 9.90. The van der Waals surface area contributed by atoms with Gasteiger partial charge in [0.15, 0.2) is 0 Å². The summed E-state index contributed by atoms with van der Waals surface area (Å²) in [6, 6.07) is 10.2. The van der Waals surface area contributed by atoms with Gasteiger partial charge in [0, 0.05) is 37.2 Å². The van der Waals surface area contributed by atoms with Crippen molar-refractivity contribution in [1.82, 2.24) is 19.7 Å². The summed E-state index contributed by atoms with van der Waals surface area (Å²) in [5, 5.41) is 4.43. The van der Waals surface area contributed by atoms with Crippen LogP contribution in [-0.2, 0) is 6.54 Å². The van der Waals surface area contributed by atoms with E-state index >= 15 is 0 Å². The monoisotopic (exact) mass is 268 g/mol. The van der Waals surface area contributed by atoms with Crippen LogP contribution >= 0.6 is 0 Å². The molecule has 2 aromatic heterocycles. The summed E-state index contributed by atoms with van der Waals surface area (Å²) in [7, 11) is 0. The molecule has 4 heterocycles. The maximum Gasteiger partial charge on any atom is 0.0549 e. The van der Waals surface area contributed by atoms with Crippen molar-refractivity contribution in [2.45, 2.75) is 50.4 Å². The summed E-state index contributed by atoms with van der Waals surface area (Å²) < 4.78 is 2.16. The normalized spacial score (nSPS) is 29.7. The van der Waals surface area contributed by atoms with E-state index in [-0.39, 0.29) is 0 Å². The average Bonchev–Trinajstić information content (AvgIpc) is 3.08. The number of hydrogen-bond acceptors (Lipinski definition) is 3. The molecule has 2 aliphatic rings. The van der Waals surface area contributed by atoms with E-state index in [9.17, 15) is 0 Å². The van der Waals surface area contributed by atoms with Gasteiger partial charge in [0.05, 0.1) is 11.7 Å². The highest BCUT2D eigenvalue weighted by atomic mass is 15.3. The summed E-state index contributed by atoms with van der Waals surface area (Å²) >= 11 is 0. The van der Waals surface area contributed by atoms with E-state index in [4.69, 9.17) is 0 Å². The minimum absolute atomic E-state index is 0.586. The van der Waals surface area contributed by atoms with Crippen molar-refractivity contribution in [2.24, 2.45) is 0 Å². The van der Waals surface area contributed by atoms with Crippen LogP contribution in [0.1, 0.15) is 37.4 Å². The molecule has 2 aliphatic heterocycles. The summed E-state index contributed by atoms with van der Waals surface area (Å²) in [6.45, 7) is 1.00. The number of nitrogens with zero attached hydrogens (tertiary/aromatic N) is 4. The number of fused-ring (bicyclic) bond motifs is 2. The van der Waals surface area contributed by atoms with Crippen LogP contribution in [-0.4, -0.2) is 31.7 Å². The number of pyridine rings is 1. The standard InChI is InChI=1S/C16H20N4/c1-2-7-17-13(4-1)12-19-14-5-6-15(19)11-16(10-14)20-9-3-8-18-20/h1-4,7-9,14-16H,5-6,10-12H2. The lowest BCUT2D eigenvalue weighted by molar-refractivity contribution is 0.0939. The topological polar surface area (TPSA) is 34.0 Å². The van der Waals surface area contributed by atoms with Gasteiger partial charge in [0.25, 0.3) is 0 Å². The van der Waals surface area contributed by atoms with Crippen LogP contribution in [0.2, 0.25) is 0 Å². The molecule has 2 fully saturated rings. The maximum atomic E-state index is 4.48. The van der Waals surface area contributed by atoms with Gasteiger partial charge in [0.2, 0.25) is 0 Å². The van der Waals surface area contributed by atoms with E-state index < -0.39 is 0 Å². The number of aromatic nitrogens is 3. The molecule has 4 nitrogen and oxygen atoms in total. The molecule has 0 aliphatic carbocycles. The molecule has 0 radical (unpaired) electrons. The molecule has 0 amide bonds. The van der Waals surface area contributed by atoms with Crippen LogP contribution in [0, 0.1) is 0 Å². The molecule has 2 aromatic rings. The predicted octanol–water partition coefficient (Wildman–Crippen LogP) is 2.65. The van der Waals surface area contributed by atoms with Gasteiger partial charge < -0.3 is 0 Å². The van der Waals surface area contributed by atoms with Crippen molar-refractivity contribution in [1.29, 1.82) is 0 Å². The van der Waals surface area contributed by atoms with Gasteiger partial charge in [0.1, 0.15) is 0 Å². The fraction of sp³-hybridized carbons (Fsp3) is 0.500. The summed E-state index contributed by atoms with van der Waals surface area (Å²) in [5.41, 5.74) is 1.20. The van der Waals surface area contributed by atoms with Gasteiger partial charge in [-0.2, -0.15) is 5.10 Å². The van der Waals surface area contributed by atoms with Crippen molar-refractivity contribution in [2.75, 3.05) is 0 Å². The molecule has 2 atom stereocenters. The second-order valence-electron chi connectivity index (χ2n) is 5.99. The molecule has 20 heavy (non-hydrogen) atoms. The molecule has 0 spiro atoms. The predicted molar refractivity (Wildman–Crippen MR) is 77.1 cm³/mol. The summed E-state index contributed by atoms with van der Waals surface area (Å²) in [4.78, 5) is 7.15. The van der Waals surface area contributed by atoms with Crippen LogP contribution in [0.5, 0.6) is 0 Å². The molecule has 4 heteroatoms. The Bertz CT molecular complexity index is 537. The van der Waals surface area contributed by atoms with Gasteiger partial charge in [-0.15, -0.1) is 0 Å². The Hall–Kier alpha value is -1.68. The Kier molecular flexibility index (Phi) is 3.03. The van der Waals surface area contributed by atoms with E-state index in [2.05, 4.69) is 38.0 Å². The molecule has 0 saturated carbocycles. The lowest BCUT2D eigenvalue weighted by Gasteiger charge is -2.38. The molecule has 104 valence electrons. The molecular formula is C16H20N4. The van der Waals surface area contributed by atoms with Crippen molar-refractivity contribution >= 4 is 0 Å². The van der Waals surface area contributed by atoms with Crippen molar-refractivity contribution in [3.05, 3.63) is 48.5 Å². The molecular weight excluding hydrogens is 248 g/mol. The Morgan fingerprint density at radius 3 is 2.50 bits per heavy atom. The molecule has 4 rings (SSSR count). The summed E-state index contributed by atoms with van der Waals surface area (Å²) in [5.74, 6) is 0. The largest absolute Gasteiger partial charge is 0.291 e. The van der Waals surface area contributed by atoms with Crippen LogP contribution < -0.4 is 0 Å². The van der Waals surface area contributed by atoms with E-state index in [0.717, 1.165) is 6.54 Å². The first-order valence-electron chi connectivity index (χ1n) is 7.55. The SMILES string of the molecule is c1ccc(CN2C3CCC2CC(n2cccn2)C3)nc1. The lowest BCUT2D eigenvalue weighted by Crippen LogP contribution is -2.43. The molecule has 2 unspecified atom stereocenters. The highest BCUT2D eigenvalue weighted by Crippen LogP contribution is 2.41. The highest BCUT2D eigenvalue weighted by Gasteiger charge is 2.41. The van der Waals surface area contributed by atoms with E-state index in [1.807, 2.05) is 24.5 Å². The van der Waals surface area contributed by atoms with Gasteiger partial charge in [-0.3, -0.25) is 14.6 Å². The van der Waals surface area contributed by atoms with Gasteiger partial charge in [-0.05, 0) is 43.9 Å². The second kappa shape index (κ2) is 5.02. The maximum absolute atomic E-state index is 4.48. The minimum atomic E-state index is 0.586. The van der Waals surface area contributed by atoms with E-state index in [1.165, 1.54) is 31.4 Å². The average molecular weight is 268 g/mol. The third-order valence-electron chi connectivity index (χ3n) is 4.83. The smallest absolute Gasteiger partial charge is 0.0549 e. The zero-order valence-corrected chi connectivity index (χ0v) is 11.6. The minimum Gasteiger partial charge on any atom is -0.291 e. The van der Waals surface area contributed by atoms with Crippen molar-refractivity contribution in [3.63, 3.8) is 0 Å². The van der Waals surface area contributed by atoms with Gasteiger partial charge in [-0.1, -0.05) is 6.07 Å². The van der Waals surface area contributed by atoms with Crippen molar-refractivity contribution < 1.29 is 0 Å². The zero-order chi connectivity index (χ0) is 13.4. The fourth-order valence-corrected chi connectivity index (χ4v) is 3.89. The Balaban J connectivity index is 1.49. The van der Waals surface area contributed by atoms with Gasteiger partial charge in [-0.25, -0.2) is 0 Å². The molecule has 0 N–H and O–H groups in total. The first kappa shape index (κ1) is 12.1. The number of piperidine rings is 1. The first-order valence-corrected chi connectivity index (χ1v) is 7.55. The van der Waals surface area contributed by atoms with Crippen molar-refractivity contribution in [3.8, 4) is 0 Å². The summed E-state index contributed by atoms with van der Waals surface area (Å²) in [6.07, 6.45) is 11.0. The van der Waals surface area contributed by atoms with E-state index in [0.29, 0.717) is 18.1 Å². The highest BCUT2D eigenvalue weighted by molar-refractivity contribution is 5.06. The van der Waals surface area contributed by atoms with Crippen LogP contribution in [0.4, 0.5) is 0 Å². The Morgan fingerprint density at radius 1 is 1.00 bits per heavy atom. The third-order valence-corrected chi connectivity index (χ3v) is 4.83. The van der Waals surface area contributed by atoms with Crippen LogP contribution in [0.3, 0.4) is 0 Å². The fourth-order valence-electron chi connectivity index (χ4n) is 3.89. The Morgan fingerprint density at radius 2 is 1.85 bits per heavy atom. The zero-order valence-electron chi connectivity index (χ0n) is 11.6. The molecule has 2 bridgehead atoms. The molecule has 0 aromatic carbocycles. The van der Waals surface area contributed by atoms with E-state index in [1.54, 1.807) is 0 Å². The number of hydrogen-bond donors (Lipinski definition) is 0. The second-order valence-corrected chi connectivity index (χ2v) is 5.99. The quantitative estimate of drug-likeness (QED) is 0.858. The third kappa shape index (κ3) is 2.14. The lowest BCUT2D eigenvalue weighted by atomic mass is 9.97. The van der Waals surface area contributed by atoms with Crippen LogP contribution in [0.15, 0.2) is 42.9 Å². The van der Waals surface area contributed by atoms with Crippen LogP contribution in [0.25, 0.3) is 0 Å². The Labute approximate surface area is 119 Å².